The molecule has 108 valence electrons. The lowest BCUT2D eigenvalue weighted by molar-refractivity contribution is 1.17. The molecule has 4 heteroatoms. The van der Waals surface area contributed by atoms with Crippen molar-refractivity contribution in [2.75, 3.05) is 0 Å². The molecule has 3 aromatic carbocycles. The van der Waals surface area contributed by atoms with E-state index >= 15 is 0 Å². The largest absolute Gasteiger partial charge is 0.309 e. The summed E-state index contributed by atoms with van der Waals surface area (Å²) in [7, 11) is 0. The second kappa shape index (κ2) is 5.55. The molecule has 22 heavy (non-hydrogen) atoms. The summed E-state index contributed by atoms with van der Waals surface area (Å²) in [5.41, 5.74) is 3.51. The summed E-state index contributed by atoms with van der Waals surface area (Å²) in [5, 5.41) is 3.28. The summed E-state index contributed by atoms with van der Waals surface area (Å²) >= 11 is 12.1. The average Bonchev–Trinajstić information content (AvgIpc) is 2.87. The van der Waals surface area contributed by atoms with Gasteiger partial charge in [0.05, 0.1) is 16.1 Å². The molecule has 0 amide bonds. The van der Waals surface area contributed by atoms with Crippen LogP contribution in [0.5, 0.6) is 0 Å². The predicted molar refractivity (Wildman–Crippen MR) is 106 cm³/mol. The zero-order valence-electron chi connectivity index (χ0n) is 11.4. The molecular formula is C18H10BrClIN. The minimum Gasteiger partial charge on any atom is -0.309 e. The van der Waals surface area contributed by atoms with E-state index in [0.717, 1.165) is 18.8 Å². The van der Waals surface area contributed by atoms with Crippen LogP contribution in [0.1, 0.15) is 0 Å². The van der Waals surface area contributed by atoms with Crippen LogP contribution in [0.2, 0.25) is 5.02 Å². The van der Waals surface area contributed by atoms with Crippen LogP contribution in [-0.4, -0.2) is 4.57 Å². The Bertz CT molecular complexity index is 946. The van der Waals surface area contributed by atoms with E-state index in [0.29, 0.717) is 0 Å². The van der Waals surface area contributed by atoms with Crippen molar-refractivity contribution in [3.63, 3.8) is 0 Å². The molecule has 0 aliphatic carbocycles. The van der Waals surface area contributed by atoms with Gasteiger partial charge in [0, 0.05) is 24.5 Å². The van der Waals surface area contributed by atoms with Crippen molar-refractivity contribution in [2.45, 2.75) is 0 Å². The maximum atomic E-state index is 6.28. The van der Waals surface area contributed by atoms with Gasteiger partial charge in [-0.05, 0) is 62.8 Å². The van der Waals surface area contributed by atoms with Gasteiger partial charge in [0.15, 0.2) is 0 Å². The predicted octanol–water partition coefficient (Wildman–Crippen LogP) is 6.80. The first-order valence-corrected chi connectivity index (χ1v) is 9.05. The van der Waals surface area contributed by atoms with Crippen LogP contribution in [0.25, 0.3) is 27.5 Å². The minimum absolute atomic E-state index is 0.755. The molecular weight excluding hydrogens is 472 g/mol. The normalized spacial score (nSPS) is 11.4. The van der Waals surface area contributed by atoms with Gasteiger partial charge in [-0.2, -0.15) is 0 Å². The highest BCUT2D eigenvalue weighted by Gasteiger charge is 2.13. The van der Waals surface area contributed by atoms with Crippen LogP contribution >= 0.6 is 50.1 Å². The molecule has 4 rings (SSSR count). The van der Waals surface area contributed by atoms with Crippen LogP contribution in [0.15, 0.2) is 65.1 Å². The van der Waals surface area contributed by atoms with Crippen molar-refractivity contribution in [1.82, 2.24) is 4.57 Å². The van der Waals surface area contributed by atoms with Crippen LogP contribution < -0.4 is 0 Å². The Labute approximate surface area is 155 Å². The van der Waals surface area contributed by atoms with E-state index in [-0.39, 0.29) is 0 Å². The molecule has 0 aliphatic heterocycles. The molecule has 0 aliphatic rings. The van der Waals surface area contributed by atoms with E-state index in [1.54, 1.807) is 0 Å². The SMILES string of the molecule is Clc1c(Br)cc(-n2c3ccccc3c3ccccc32)cc1I. The fourth-order valence-corrected chi connectivity index (χ4v) is 4.41. The Morgan fingerprint density at radius 3 is 1.95 bits per heavy atom. The molecule has 0 N–H and O–H groups in total. The van der Waals surface area contributed by atoms with Crippen molar-refractivity contribution < 1.29 is 0 Å². The van der Waals surface area contributed by atoms with E-state index in [9.17, 15) is 0 Å². The lowest BCUT2D eigenvalue weighted by atomic mass is 10.2. The zero-order valence-corrected chi connectivity index (χ0v) is 15.9. The highest BCUT2D eigenvalue weighted by Crippen LogP contribution is 2.35. The molecule has 0 bridgehead atoms. The molecule has 0 saturated carbocycles. The Balaban J connectivity index is 2.17. The average molecular weight is 483 g/mol. The molecule has 0 atom stereocenters. The van der Waals surface area contributed by atoms with Gasteiger partial charge in [0.1, 0.15) is 0 Å². The monoisotopic (exact) mass is 481 g/mol. The van der Waals surface area contributed by atoms with E-state index in [4.69, 9.17) is 11.6 Å². The van der Waals surface area contributed by atoms with Gasteiger partial charge < -0.3 is 4.57 Å². The van der Waals surface area contributed by atoms with Crippen molar-refractivity contribution in [3.05, 3.63) is 73.7 Å². The first-order valence-electron chi connectivity index (χ1n) is 6.80. The fourth-order valence-electron chi connectivity index (χ4n) is 2.87. The van der Waals surface area contributed by atoms with E-state index in [1.807, 2.05) is 0 Å². The summed E-state index contributed by atoms with van der Waals surface area (Å²) in [4.78, 5) is 0. The zero-order chi connectivity index (χ0) is 15.3. The summed E-state index contributed by atoms with van der Waals surface area (Å²) in [6, 6.07) is 21.2. The highest BCUT2D eigenvalue weighted by atomic mass is 127. The summed E-state index contributed by atoms with van der Waals surface area (Å²) in [6.45, 7) is 0. The van der Waals surface area contributed by atoms with Gasteiger partial charge >= 0.3 is 0 Å². The number of aromatic nitrogens is 1. The second-order valence-electron chi connectivity index (χ2n) is 5.09. The Morgan fingerprint density at radius 1 is 0.864 bits per heavy atom. The standard InChI is InChI=1S/C18H10BrClIN/c19-14-9-11(10-15(21)18(14)20)22-16-7-3-1-5-12(16)13-6-2-4-8-17(13)22/h1-10H. The number of para-hydroxylation sites is 2. The number of fused-ring (bicyclic) bond motifs is 3. The van der Waals surface area contributed by atoms with Gasteiger partial charge in [-0.15, -0.1) is 0 Å². The minimum atomic E-state index is 0.755. The topological polar surface area (TPSA) is 4.93 Å². The smallest absolute Gasteiger partial charge is 0.0683 e. The Morgan fingerprint density at radius 2 is 1.41 bits per heavy atom. The number of halogens is 3. The van der Waals surface area contributed by atoms with E-state index in [2.05, 4.69) is 104 Å². The molecule has 4 aromatic rings. The molecule has 1 heterocycles. The molecule has 0 unspecified atom stereocenters. The Hall–Kier alpha value is -1.04. The van der Waals surface area contributed by atoms with Gasteiger partial charge in [0.2, 0.25) is 0 Å². The van der Waals surface area contributed by atoms with Gasteiger partial charge in [0.25, 0.3) is 0 Å². The molecule has 0 radical (unpaired) electrons. The fraction of sp³-hybridized carbons (Fsp3) is 0. The lowest BCUT2D eigenvalue weighted by Crippen LogP contribution is -1.95. The quantitative estimate of drug-likeness (QED) is 0.208. The highest BCUT2D eigenvalue weighted by molar-refractivity contribution is 14.1. The van der Waals surface area contributed by atoms with Crippen LogP contribution in [-0.2, 0) is 0 Å². The number of nitrogens with zero attached hydrogens (tertiary/aromatic N) is 1. The van der Waals surface area contributed by atoms with Crippen LogP contribution in [0.3, 0.4) is 0 Å². The maximum absolute atomic E-state index is 6.28. The van der Waals surface area contributed by atoms with Crippen LogP contribution in [0.4, 0.5) is 0 Å². The molecule has 1 nitrogen and oxygen atoms in total. The third-order valence-electron chi connectivity index (χ3n) is 3.81. The van der Waals surface area contributed by atoms with Crippen molar-refractivity contribution in [3.8, 4) is 5.69 Å². The molecule has 0 spiro atoms. The third-order valence-corrected chi connectivity index (χ3v) is 6.24. The third kappa shape index (κ3) is 2.18. The first-order chi connectivity index (χ1) is 10.7. The van der Waals surface area contributed by atoms with Crippen molar-refractivity contribution in [1.29, 1.82) is 0 Å². The van der Waals surface area contributed by atoms with Crippen LogP contribution in [0, 0.1) is 3.57 Å². The summed E-state index contributed by atoms with van der Waals surface area (Å²) in [6.07, 6.45) is 0. The number of rotatable bonds is 1. The summed E-state index contributed by atoms with van der Waals surface area (Å²) < 4.78 is 4.23. The first kappa shape index (κ1) is 14.5. The summed E-state index contributed by atoms with van der Waals surface area (Å²) in [5.74, 6) is 0. The van der Waals surface area contributed by atoms with Gasteiger partial charge in [-0.25, -0.2) is 0 Å². The van der Waals surface area contributed by atoms with Gasteiger partial charge in [-0.3, -0.25) is 0 Å². The molecule has 0 fully saturated rings. The molecule has 0 saturated heterocycles. The number of hydrogen-bond donors (Lipinski definition) is 0. The Kier molecular flexibility index (Phi) is 3.67. The number of hydrogen-bond acceptors (Lipinski definition) is 0. The van der Waals surface area contributed by atoms with E-state index in [1.165, 1.54) is 21.8 Å². The number of benzene rings is 3. The van der Waals surface area contributed by atoms with Crippen molar-refractivity contribution in [2.24, 2.45) is 0 Å². The van der Waals surface area contributed by atoms with Gasteiger partial charge in [-0.1, -0.05) is 48.0 Å². The maximum Gasteiger partial charge on any atom is 0.0683 e. The molecule has 1 aromatic heterocycles. The van der Waals surface area contributed by atoms with Crippen molar-refractivity contribution >= 4 is 71.9 Å². The lowest BCUT2D eigenvalue weighted by Gasteiger charge is -2.10. The van der Waals surface area contributed by atoms with E-state index < -0.39 is 0 Å². The second-order valence-corrected chi connectivity index (χ2v) is 7.49.